The van der Waals surface area contributed by atoms with Gasteiger partial charge >= 0.3 is 18.0 Å². The smallest absolute Gasteiger partial charge is 0.329 e. The number of aromatic nitrogens is 1. The molecule has 366 valence electrons. The van der Waals surface area contributed by atoms with Crippen LogP contribution in [0.15, 0.2) is 139 Å². The van der Waals surface area contributed by atoms with E-state index in [0.29, 0.717) is 28.0 Å². The van der Waals surface area contributed by atoms with Crippen molar-refractivity contribution in [2.75, 3.05) is 30.5 Å². The molecule has 4 heterocycles. The van der Waals surface area contributed by atoms with Crippen LogP contribution in [0.25, 0.3) is 10.2 Å². The summed E-state index contributed by atoms with van der Waals surface area (Å²) in [6.45, 7) is 3.29. The standard InChI is InChI=1S/C57H53N5O9S/c1-34(2)46(52(65)69-3)59-56(68)61-43-30-25-36(24-23-35-15-7-4-8-16-35)33-41(43)57(54(61)67)45(51(64)60-55-58-42-21-13-14-22-44(42)72-55)48-53(66)71-49(38-19-11-6-12-20-38)47(37-17-9-5-10-18-37)62(48)50(57)39-26-28-40(29-27-39)70-32-31-63/h5-6,9-15,17-22,25-30,33-34,45-50,63H,4,7-8,16,31-32H2,1-3H3,(H,59,68)(H,58,60,64)/t45-,46-,47-,48-,49+,50+,57-/m0/s1. The Hall–Kier alpha value is -7.64. The average Bonchev–Trinajstić information content (AvgIpc) is 4.05. The molecule has 0 bridgehead atoms. The highest BCUT2D eigenvalue weighted by molar-refractivity contribution is 7.22. The minimum Gasteiger partial charge on any atom is -0.491 e. The van der Waals surface area contributed by atoms with Crippen molar-refractivity contribution in [1.82, 2.24) is 15.2 Å². The molecular formula is C57H53N5O9S. The second-order valence-electron chi connectivity index (χ2n) is 18.7. The number of morpholine rings is 1. The molecular weight excluding hydrogens is 931 g/mol. The largest absolute Gasteiger partial charge is 0.491 e. The highest BCUT2D eigenvalue weighted by atomic mass is 32.1. The first kappa shape index (κ1) is 48.0. The van der Waals surface area contributed by atoms with Gasteiger partial charge in [-0.15, -0.1) is 0 Å². The Morgan fingerprint density at radius 2 is 1.60 bits per heavy atom. The van der Waals surface area contributed by atoms with Gasteiger partial charge in [0.1, 0.15) is 36.0 Å². The molecule has 5 aromatic carbocycles. The number of methoxy groups -OCH3 is 1. The zero-order chi connectivity index (χ0) is 50.1. The molecule has 4 amide bonds. The Morgan fingerprint density at radius 1 is 0.875 bits per heavy atom. The Labute approximate surface area is 421 Å². The summed E-state index contributed by atoms with van der Waals surface area (Å²) in [7, 11) is 1.22. The third-order valence-corrected chi connectivity index (χ3v) is 15.0. The number of urea groups is 1. The number of aliphatic hydroxyl groups is 1. The Bertz CT molecular complexity index is 3120. The van der Waals surface area contributed by atoms with Crippen molar-refractivity contribution in [3.05, 3.63) is 167 Å². The first-order chi connectivity index (χ1) is 35.0. The van der Waals surface area contributed by atoms with E-state index in [1.807, 2.05) is 89.8 Å². The fourth-order valence-corrected chi connectivity index (χ4v) is 11.8. The van der Waals surface area contributed by atoms with E-state index in [9.17, 15) is 9.90 Å². The van der Waals surface area contributed by atoms with Crippen molar-refractivity contribution in [3.8, 4) is 17.6 Å². The number of benzene rings is 5. The van der Waals surface area contributed by atoms with E-state index in [1.165, 1.54) is 18.4 Å². The van der Waals surface area contributed by atoms with Gasteiger partial charge in [-0.2, -0.15) is 0 Å². The zero-order valence-electron chi connectivity index (χ0n) is 39.9. The quantitative estimate of drug-likeness (QED) is 0.0836. The number of anilines is 2. The molecule has 1 aliphatic carbocycles. The van der Waals surface area contributed by atoms with Crippen LogP contribution in [0.1, 0.15) is 85.5 Å². The number of carbonyl (C=O) groups is 5. The van der Waals surface area contributed by atoms with E-state index in [1.54, 1.807) is 56.3 Å². The van der Waals surface area contributed by atoms with E-state index in [2.05, 4.69) is 28.6 Å². The van der Waals surface area contributed by atoms with Crippen LogP contribution in [0.3, 0.4) is 0 Å². The van der Waals surface area contributed by atoms with Crippen molar-refractivity contribution in [3.63, 3.8) is 0 Å². The Kier molecular flexibility index (Phi) is 13.5. The van der Waals surface area contributed by atoms with Crippen LogP contribution in [0.4, 0.5) is 15.6 Å². The number of fused-ring (bicyclic) bond motifs is 4. The van der Waals surface area contributed by atoms with Crippen molar-refractivity contribution in [2.45, 2.75) is 75.2 Å². The SMILES string of the molecule is COC(=O)[C@@H](NC(=O)N1C(=O)[C@@]2(c3cc(C#CC4=CCCCC4)ccc31)[C@H](C(=O)Nc1nc3ccccc3s1)[C@H]1C(=O)O[C@H](c3ccccc3)[C@H](c3ccccc3)N1[C@@H]2c1ccc(OCCO)cc1)C(C)C. The number of carbonyl (C=O) groups excluding carboxylic acids is 5. The molecule has 10 rings (SSSR count). The molecule has 0 saturated carbocycles. The number of esters is 2. The summed E-state index contributed by atoms with van der Waals surface area (Å²) >= 11 is 1.24. The lowest BCUT2D eigenvalue weighted by Crippen LogP contribution is -2.57. The van der Waals surface area contributed by atoms with Crippen LogP contribution in [0, 0.1) is 23.7 Å². The number of thiazole rings is 1. The van der Waals surface area contributed by atoms with Gasteiger partial charge in [-0.1, -0.05) is 128 Å². The molecule has 2 fully saturated rings. The predicted octanol–water partition coefficient (Wildman–Crippen LogP) is 8.73. The maximum absolute atomic E-state index is 16.8. The number of nitrogens with zero attached hydrogens (tertiary/aromatic N) is 3. The normalized spacial score (nSPS) is 22.8. The molecule has 3 aliphatic heterocycles. The average molecular weight is 984 g/mol. The first-order valence-electron chi connectivity index (χ1n) is 24.2. The number of rotatable bonds is 11. The topological polar surface area (TPSA) is 177 Å². The molecule has 15 heteroatoms. The molecule has 2 saturated heterocycles. The van der Waals surface area contributed by atoms with Gasteiger partial charge in [0.05, 0.1) is 47.6 Å². The number of imide groups is 1. The summed E-state index contributed by atoms with van der Waals surface area (Å²) in [5.74, 6) is 2.05. The lowest BCUT2D eigenvalue weighted by atomic mass is 9.65. The van der Waals surface area contributed by atoms with E-state index >= 15 is 19.2 Å². The molecule has 0 radical (unpaired) electrons. The minimum atomic E-state index is -2.11. The molecule has 14 nitrogen and oxygen atoms in total. The van der Waals surface area contributed by atoms with Gasteiger partial charge in [-0.25, -0.2) is 19.5 Å². The number of nitrogens with one attached hydrogen (secondary N) is 2. The summed E-state index contributed by atoms with van der Waals surface area (Å²) in [5, 5.41) is 15.7. The van der Waals surface area contributed by atoms with Crippen LogP contribution < -0.4 is 20.3 Å². The fourth-order valence-electron chi connectivity index (χ4n) is 10.9. The van der Waals surface area contributed by atoms with Crippen LogP contribution in [-0.4, -0.2) is 77.2 Å². The Morgan fingerprint density at radius 3 is 2.28 bits per heavy atom. The maximum atomic E-state index is 16.8. The molecule has 6 aromatic rings. The number of hydrogen-bond donors (Lipinski definition) is 3. The highest BCUT2D eigenvalue weighted by Crippen LogP contribution is 2.66. The van der Waals surface area contributed by atoms with Gasteiger partial charge in [0, 0.05) is 5.56 Å². The van der Waals surface area contributed by atoms with Gasteiger partial charge in [0.15, 0.2) is 5.13 Å². The highest BCUT2D eigenvalue weighted by Gasteiger charge is 2.75. The number of para-hydroxylation sites is 1. The van der Waals surface area contributed by atoms with Gasteiger partial charge in [0.2, 0.25) is 11.8 Å². The summed E-state index contributed by atoms with van der Waals surface area (Å²) in [5.41, 5.74) is 2.36. The van der Waals surface area contributed by atoms with Crippen molar-refractivity contribution < 1.29 is 43.3 Å². The molecule has 1 aromatic heterocycles. The number of hydrogen-bond acceptors (Lipinski definition) is 12. The van der Waals surface area contributed by atoms with Crippen LogP contribution in [-0.2, 0) is 34.1 Å². The summed E-state index contributed by atoms with van der Waals surface area (Å²) in [4.78, 5) is 84.5. The fraction of sp³-hybridized carbons (Fsp3) is 0.298. The molecule has 1 spiro atoms. The second-order valence-corrected chi connectivity index (χ2v) is 19.7. The van der Waals surface area contributed by atoms with Gasteiger partial charge in [-0.3, -0.25) is 19.3 Å². The number of amides is 4. The predicted molar refractivity (Wildman–Crippen MR) is 272 cm³/mol. The molecule has 72 heavy (non-hydrogen) atoms. The third-order valence-electron chi connectivity index (χ3n) is 14.1. The van der Waals surface area contributed by atoms with E-state index < -0.39 is 77.3 Å². The van der Waals surface area contributed by atoms with Crippen molar-refractivity contribution >= 4 is 62.2 Å². The Balaban J connectivity index is 1.27. The summed E-state index contributed by atoms with van der Waals surface area (Å²) in [6, 6.07) is 32.8. The second kappa shape index (κ2) is 20.2. The van der Waals surface area contributed by atoms with Gasteiger partial charge < -0.3 is 30.0 Å². The first-order valence-corrected chi connectivity index (χ1v) is 25.0. The van der Waals surface area contributed by atoms with E-state index in [0.717, 1.165) is 46.4 Å². The number of allylic oxidation sites excluding steroid dienone is 2. The third kappa shape index (κ3) is 8.59. The van der Waals surface area contributed by atoms with Gasteiger partial charge in [-0.05, 0) is 102 Å². The maximum Gasteiger partial charge on any atom is 0.329 e. The van der Waals surface area contributed by atoms with Crippen molar-refractivity contribution in [1.29, 1.82) is 0 Å². The van der Waals surface area contributed by atoms with Crippen molar-refractivity contribution in [2.24, 2.45) is 11.8 Å². The number of aliphatic hydroxyl groups excluding tert-OH is 1. The number of cyclic esters (lactones) is 1. The molecule has 4 aliphatic rings. The number of ether oxygens (including phenoxy) is 3. The van der Waals surface area contributed by atoms with Crippen LogP contribution in [0.5, 0.6) is 5.75 Å². The zero-order valence-corrected chi connectivity index (χ0v) is 40.8. The lowest BCUT2D eigenvalue weighted by Gasteiger charge is -2.46. The van der Waals surface area contributed by atoms with Crippen LogP contribution in [0.2, 0.25) is 0 Å². The summed E-state index contributed by atoms with van der Waals surface area (Å²) in [6.07, 6.45) is 5.00. The summed E-state index contributed by atoms with van der Waals surface area (Å²) < 4.78 is 18.4. The van der Waals surface area contributed by atoms with E-state index in [4.69, 9.17) is 19.2 Å². The molecule has 7 atom stereocenters. The monoisotopic (exact) mass is 983 g/mol. The van der Waals surface area contributed by atoms with Crippen LogP contribution >= 0.6 is 11.3 Å². The minimum absolute atomic E-state index is 0.0230. The van der Waals surface area contributed by atoms with Gasteiger partial charge in [0.25, 0.3) is 0 Å². The lowest BCUT2D eigenvalue weighted by molar-refractivity contribution is -0.177. The molecule has 3 N–H and O–H groups in total. The molecule has 0 unspecified atom stereocenters. The van der Waals surface area contributed by atoms with E-state index in [-0.39, 0.29) is 29.6 Å².